The van der Waals surface area contributed by atoms with E-state index in [2.05, 4.69) is 20.5 Å². The third-order valence-corrected chi connectivity index (χ3v) is 4.58. The van der Waals surface area contributed by atoms with Crippen LogP contribution in [0, 0.1) is 13.8 Å². The summed E-state index contributed by atoms with van der Waals surface area (Å²) in [7, 11) is 1.83. The molecule has 1 saturated heterocycles. The van der Waals surface area contributed by atoms with Crippen molar-refractivity contribution in [2.45, 2.75) is 32.7 Å². The summed E-state index contributed by atoms with van der Waals surface area (Å²) in [6.45, 7) is 4.91. The number of likely N-dealkylation sites (tertiary alicyclic amines) is 1. The molecule has 0 aliphatic carbocycles. The van der Waals surface area contributed by atoms with Gasteiger partial charge in [0.25, 0.3) is 0 Å². The topological polar surface area (TPSA) is 76.2 Å². The summed E-state index contributed by atoms with van der Waals surface area (Å²) >= 11 is 6.38. The van der Waals surface area contributed by atoms with Gasteiger partial charge in [0.15, 0.2) is 0 Å². The lowest BCUT2D eigenvalue weighted by Crippen LogP contribution is -2.33. The molecule has 8 heteroatoms. The monoisotopic (exact) mass is 337 g/mol. The van der Waals surface area contributed by atoms with Crippen LogP contribution in [0.2, 0.25) is 5.15 Å². The minimum atomic E-state index is -0.120. The Morgan fingerprint density at radius 1 is 1.52 bits per heavy atom. The van der Waals surface area contributed by atoms with Crippen LogP contribution in [0.1, 0.15) is 35.8 Å². The van der Waals surface area contributed by atoms with Gasteiger partial charge in [0.2, 0.25) is 11.8 Å². The van der Waals surface area contributed by atoms with E-state index in [1.807, 2.05) is 20.9 Å². The van der Waals surface area contributed by atoms with Gasteiger partial charge < -0.3 is 4.52 Å². The number of aryl methyl sites for hydroxylation is 3. The summed E-state index contributed by atoms with van der Waals surface area (Å²) < 4.78 is 6.70. The molecule has 3 heterocycles. The quantitative estimate of drug-likeness (QED) is 0.927. The molecule has 0 bridgehead atoms. The molecule has 1 N–H and O–H groups in total. The lowest BCUT2D eigenvalue weighted by molar-refractivity contribution is -0.117. The van der Waals surface area contributed by atoms with Crippen molar-refractivity contribution in [1.29, 1.82) is 0 Å². The van der Waals surface area contributed by atoms with Crippen LogP contribution in [0.5, 0.6) is 0 Å². The van der Waals surface area contributed by atoms with Gasteiger partial charge in [-0.05, 0) is 33.2 Å². The predicted octanol–water partition coefficient (Wildman–Crippen LogP) is 2.45. The fourth-order valence-corrected chi connectivity index (χ4v) is 3.45. The fraction of sp³-hybridized carbons (Fsp3) is 0.533. The zero-order chi connectivity index (χ0) is 16.6. The summed E-state index contributed by atoms with van der Waals surface area (Å²) in [5, 5.41) is 11.5. The normalized spacial score (nSPS) is 18.5. The Labute approximate surface area is 139 Å². The van der Waals surface area contributed by atoms with E-state index in [0.29, 0.717) is 11.0 Å². The third kappa shape index (κ3) is 3.25. The average molecular weight is 338 g/mol. The highest BCUT2D eigenvalue weighted by Crippen LogP contribution is 2.37. The molecule has 0 aromatic carbocycles. The maximum Gasteiger partial charge on any atom is 0.240 e. The molecule has 1 aliphatic rings. The van der Waals surface area contributed by atoms with Crippen LogP contribution in [0.25, 0.3) is 0 Å². The van der Waals surface area contributed by atoms with E-state index in [0.717, 1.165) is 36.3 Å². The second-order valence-corrected chi connectivity index (χ2v) is 6.28. The lowest BCUT2D eigenvalue weighted by atomic mass is 10.1. The standard InChI is InChI=1S/C15H20ClN5O2/c1-9-7-13(23-19-9)17-12(22)8-21-6-4-5-11(21)14-10(2)18-20(3)15(14)16/h7,11H,4-6,8H2,1-3H3,(H,17,22)/t11-/m1/s1. The second-order valence-electron chi connectivity index (χ2n) is 5.92. The van der Waals surface area contributed by atoms with E-state index >= 15 is 0 Å². The van der Waals surface area contributed by atoms with E-state index in [9.17, 15) is 4.79 Å². The molecular formula is C15H20ClN5O2. The number of carbonyl (C=O) groups is 1. The van der Waals surface area contributed by atoms with Crippen LogP contribution >= 0.6 is 11.6 Å². The molecule has 23 heavy (non-hydrogen) atoms. The van der Waals surface area contributed by atoms with Crippen molar-refractivity contribution in [3.63, 3.8) is 0 Å². The van der Waals surface area contributed by atoms with Gasteiger partial charge in [0.1, 0.15) is 5.15 Å². The summed E-state index contributed by atoms with van der Waals surface area (Å²) in [5.74, 6) is 0.254. The zero-order valence-electron chi connectivity index (χ0n) is 13.5. The zero-order valence-corrected chi connectivity index (χ0v) is 14.2. The number of nitrogens with zero attached hydrogens (tertiary/aromatic N) is 4. The minimum Gasteiger partial charge on any atom is -0.338 e. The van der Waals surface area contributed by atoms with Crippen LogP contribution in [0.3, 0.4) is 0 Å². The van der Waals surface area contributed by atoms with Crippen LogP contribution in [0.15, 0.2) is 10.6 Å². The first-order valence-electron chi connectivity index (χ1n) is 7.62. The maximum atomic E-state index is 12.2. The first-order valence-corrected chi connectivity index (χ1v) is 7.99. The van der Waals surface area contributed by atoms with E-state index in [1.165, 1.54) is 0 Å². The summed E-state index contributed by atoms with van der Waals surface area (Å²) in [4.78, 5) is 14.4. The van der Waals surface area contributed by atoms with Crippen molar-refractivity contribution in [3.05, 3.63) is 28.2 Å². The van der Waals surface area contributed by atoms with Gasteiger partial charge in [-0.3, -0.25) is 19.7 Å². The number of nitrogens with one attached hydrogen (secondary N) is 1. The highest BCUT2D eigenvalue weighted by atomic mass is 35.5. The number of hydrogen-bond donors (Lipinski definition) is 1. The molecule has 7 nitrogen and oxygen atoms in total. The lowest BCUT2D eigenvalue weighted by Gasteiger charge is -2.23. The molecule has 1 fully saturated rings. The molecule has 0 saturated carbocycles. The number of hydrogen-bond acceptors (Lipinski definition) is 5. The molecule has 1 aliphatic heterocycles. The van der Waals surface area contributed by atoms with Crippen LogP contribution in [0.4, 0.5) is 5.88 Å². The molecule has 2 aromatic rings. The third-order valence-electron chi connectivity index (χ3n) is 4.13. The molecular weight excluding hydrogens is 318 g/mol. The SMILES string of the molecule is Cc1cc(NC(=O)CN2CCC[C@@H]2c2c(C)nn(C)c2Cl)on1. The highest BCUT2D eigenvalue weighted by molar-refractivity contribution is 6.30. The number of rotatable bonds is 4. The minimum absolute atomic E-state index is 0.120. The molecule has 0 unspecified atom stereocenters. The number of halogens is 1. The first-order chi connectivity index (χ1) is 11.0. The number of aromatic nitrogens is 3. The maximum absolute atomic E-state index is 12.2. The Bertz CT molecular complexity index is 724. The van der Waals surface area contributed by atoms with Gasteiger partial charge in [-0.25, -0.2) is 0 Å². The van der Waals surface area contributed by atoms with Gasteiger partial charge in [-0.2, -0.15) is 5.10 Å². The summed E-state index contributed by atoms with van der Waals surface area (Å²) in [6.07, 6.45) is 2.00. The van der Waals surface area contributed by atoms with Crippen LogP contribution in [-0.2, 0) is 11.8 Å². The molecule has 0 spiro atoms. The van der Waals surface area contributed by atoms with Gasteiger partial charge in [-0.15, -0.1) is 0 Å². The first kappa shape index (κ1) is 16.0. The van der Waals surface area contributed by atoms with Gasteiger partial charge >= 0.3 is 0 Å². The Morgan fingerprint density at radius 2 is 2.30 bits per heavy atom. The average Bonchev–Trinajstić information content (AvgIpc) is 3.14. The second kappa shape index (κ2) is 6.33. The van der Waals surface area contributed by atoms with Gasteiger partial charge in [0, 0.05) is 24.7 Å². The Balaban J connectivity index is 1.70. The van der Waals surface area contributed by atoms with Crippen molar-refractivity contribution < 1.29 is 9.32 Å². The van der Waals surface area contributed by atoms with Gasteiger partial charge in [-0.1, -0.05) is 16.8 Å². The Morgan fingerprint density at radius 3 is 2.91 bits per heavy atom. The smallest absolute Gasteiger partial charge is 0.240 e. The van der Waals surface area contributed by atoms with E-state index in [4.69, 9.17) is 16.1 Å². The van der Waals surface area contributed by atoms with Crippen molar-refractivity contribution in [2.75, 3.05) is 18.4 Å². The number of carbonyl (C=O) groups excluding carboxylic acids is 1. The molecule has 0 radical (unpaired) electrons. The molecule has 1 amide bonds. The largest absolute Gasteiger partial charge is 0.338 e. The molecule has 3 rings (SSSR count). The van der Waals surface area contributed by atoms with E-state index in [1.54, 1.807) is 10.7 Å². The Hall–Kier alpha value is -1.86. The summed E-state index contributed by atoms with van der Waals surface area (Å²) in [5.41, 5.74) is 2.67. The van der Waals surface area contributed by atoms with Crippen molar-refractivity contribution in [3.8, 4) is 0 Å². The van der Waals surface area contributed by atoms with E-state index < -0.39 is 0 Å². The number of anilines is 1. The van der Waals surface area contributed by atoms with Crippen molar-refractivity contribution >= 4 is 23.4 Å². The van der Waals surface area contributed by atoms with Crippen LogP contribution < -0.4 is 5.32 Å². The van der Waals surface area contributed by atoms with Crippen molar-refractivity contribution in [2.24, 2.45) is 7.05 Å². The molecule has 2 aromatic heterocycles. The van der Waals surface area contributed by atoms with Crippen molar-refractivity contribution in [1.82, 2.24) is 19.8 Å². The Kier molecular flexibility index (Phi) is 4.41. The fourth-order valence-electron chi connectivity index (χ4n) is 3.15. The molecule has 124 valence electrons. The number of amides is 1. The molecule has 1 atom stereocenters. The van der Waals surface area contributed by atoms with Crippen LogP contribution in [-0.4, -0.2) is 38.8 Å². The highest BCUT2D eigenvalue weighted by Gasteiger charge is 2.32. The predicted molar refractivity (Wildman–Crippen MR) is 86.4 cm³/mol. The summed E-state index contributed by atoms with van der Waals surface area (Å²) in [6, 6.07) is 1.82. The van der Waals surface area contributed by atoms with E-state index in [-0.39, 0.29) is 18.5 Å². The van der Waals surface area contributed by atoms with Gasteiger partial charge in [0.05, 0.1) is 17.9 Å².